The molecule has 0 bridgehead atoms. The van der Waals surface area contributed by atoms with E-state index in [2.05, 4.69) is 5.32 Å². The molecule has 1 heterocycles. The van der Waals surface area contributed by atoms with Crippen molar-refractivity contribution in [2.24, 2.45) is 0 Å². The predicted molar refractivity (Wildman–Crippen MR) is 131 cm³/mol. The van der Waals surface area contributed by atoms with Gasteiger partial charge < -0.3 is 5.32 Å². The Hall–Kier alpha value is -3.13. The van der Waals surface area contributed by atoms with Crippen molar-refractivity contribution in [1.29, 1.82) is 0 Å². The lowest BCUT2D eigenvalue weighted by Gasteiger charge is -2.34. The van der Waals surface area contributed by atoms with E-state index < -0.39 is 23.7 Å². The quantitative estimate of drug-likeness (QED) is 0.401. The molecule has 0 radical (unpaired) electrons. The second-order valence-electron chi connectivity index (χ2n) is 8.78. The van der Waals surface area contributed by atoms with Crippen LogP contribution in [0.25, 0.3) is 0 Å². The third kappa shape index (κ3) is 6.31. The molecule has 1 aliphatic carbocycles. The van der Waals surface area contributed by atoms with Crippen LogP contribution in [0.3, 0.4) is 0 Å². The molecule has 1 saturated carbocycles. The minimum Gasteiger partial charge on any atom is -0.351 e. The number of halogens is 3. The maximum Gasteiger partial charge on any atom is 0.416 e. The first-order valence-electron chi connectivity index (χ1n) is 11.7. The fourth-order valence-corrected chi connectivity index (χ4v) is 5.17. The number of hydrogen-bond donors (Lipinski definition) is 1. The number of nitrogens with zero attached hydrogens (tertiary/aromatic N) is 1. The standard InChI is InChI=1S/C27H27F3N2O2S/c28-27(29,30)21-10-7-13-23(17-21)32(24(33)16-19-14-15-35-18-19)25(20-8-3-1-4-9-20)26(34)31-22-11-5-2-6-12-22/h1,3-4,7-10,13-15,17-18,22,25H,2,5-6,11-12,16H2,(H,31,34). The van der Waals surface area contributed by atoms with E-state index in [0.717, 1.165) is 49.8 Å². The summed E-state index contributed by atoms with van der Waals surface area (Å²) >= 11 is 1.43. The smallest absolute Gasteiger partial charge is 0.351 e. The van der Waals surface area contributed by atoms with Gasteiger partial charge in [0.05, 0.1) is 12.0 Å². The highest BCUT2D eigenvalue weighted by molar-refractivity contribution is 7.08. The van der Waals surface area contributed by atoms with Crippen molar-refractivity contribution in [3.63, 3.8) is 0 Å². The number of thiophene rings is 1. The zero-order chi connectivity index (χ0) is 24.8. The molecular formula is C27H27F3N2O2S. The van der Waals surface area contributed by atoms with Crippen LogP contribution in [0.2, 0.25) is 0 Å². The van der Waals surface area contributed by atoms with Crippen LogP contribution in [-0.4, -0.2) is 17.9 Å². The number of anilines is 1. The van der Waals surface area contributed by atoms with E-state index in [4.69, 9.17) is 0 Å². The Labute approximate surface area is 206 Å². The molecule has 184 valence electrons. The number of nitrogens with one attached hydrogen (secondary N) is 1. The van der Waals surface area contributed by atoms with Crippen molar-refractivity contribution in [2.75, 3.05) is 4.90 Å². The summed E-state index contributed by atoms with van der Waals surface area (Å²) in [6, 6.07) is 14.1. The van der Waals surface area contributed by atoms with E-state index in [-0.39, 0.29) is 24.1 Å². The van der Waals surface area contributed by atoms with Gasteiger partial charge in [0.1, 0.15) is 6.04 Å². The van der Waals surface area contributed by atoms with E-state index >= 15 is 0 Å². The molecule has 1 N–H and O–H groups in total. The minimum absolute atomic E-state index is 0.0159. The Morgan fingerprint density at radius 1 is 1.00 bits per heavy atom. The first kappa shape index (κ1) is 25.0. The van der Waals surface area contributed by atoms with Gasteiger partial charge in [-0.2, -0.15) is 24.5 Å². The van der Waals surface area contributed by atoms with Crippen LogP contribution < -0.4 is 10.2 Å². The highest BCUT2D eigenvalue weighted by Crippen LogP contribution is 2.35. The molecule has 3 aromatic rings. The fourth-order valence-electron chi connectivity index (χ4n) is 4.50. The van der Waals surface area contributed by atoms with Crippen LogP contribution >= 0.6 is 11.3 Å². The molecule has 0 aliphatic heterocycles. The summed E-state index contributed by atoms with van der Waals surface area (Å²) in [5, 5.41) is 6.73. The van der Waals surface area contributed by atoms with Gasteiger partial charge in [0, 0.05) is 11.7 Å². The average Bonchev–Trinajstić information content (AvgIpc) is 3.36. The van der Waals surface area contributed by atoms with Gasteiger partial charge in [-0.3, -0.25) is 14.5 Å². The molecule has 35 heavy (non-hydrogen) atoms. The van der Waals surface area contributed by atoms with E-state index in [1.807, 2.05) is 10.8 Å². The summed E-state index contributed by atoms with van der Waals surface area (Å²) in [7, 11) is 0. The Morgan fingerprint density at radius 3 is 2.40 bits per heavy atom. The maximum atomic E-state index is 13.7. The molecule has 4 rings (SSSR count). The molecule has 1 atom stereocenters. The Bertz CT molecular complexity index is 1130. The zero-order valence-electron chi connectivity index (χ0n) is 19.1. The second kappa shape index (κ2) is 11.1. The van der Waals surface area contributed by atoms with Gasteiger partial charge in [-0.15, -0.1) is 0 Å². The van der Waals surface area contributed by atoms with Crippen molar-refractivity contribution in [3.8, 4) is 0 Å². The highest BCUT2D eigenvalue weighted by atomic mass is 32.1. The molecule has 0 saturated heterocycles. The van der Waals surface area contributed by atoms with Crippen molar-refractivity contribution in [3.05, 3.63) is 88.1 Å². The average molecular weight is 501 g/mol. The summed E-state index contributed by atoms with van der Waals surface area (Å²) in [5.41, 5.74) is 0.448. The highest BCUT2D eigenvalue weighted by Gasteiger charge is 2.36. The second-order valence-corrected chi connectivity index (χ2v) is 9.56. The molecule has 8 heteroatoms. The van der Waals surface area contributed by atoms with Gasteiger partial charge in [0.15, 0.2) is 0 Å². The van der Waals surface area contributed by atoms with Crippen LogP contribution in [0.5, 0.6) is 0 Å². The van der Waals surface area contributed by atoms with E-state index in [1.165, 1.54) is 28.4 Å². The van der Waals surface area contributed by atoms with E-state index in [0.29, 0.717) is 5.56 Å². The molecule has 0 spiro atoms. The van der Waals surface area contributed by atoms with Crippen molar-refractivity contribution in [2.45, 2.75) is 56.8 Å². The van der Waals surface area contributed by atoms with E-state index in [1.54, 1.807) is 36.4 Å². The van der Waals surface area contributed by atoms with Crippen molar-refractivity contribution < 1.29 is 22.8 Å². The Morgan fingerprint density at radius 2 is 1.74 bits per heavy atom. The molecule has 1 aromatic heterocycles. The number of carbonyl (C=O) groups is 2. The largest absolute Gasteiger partial charge is 0.416 e. The van der Waals surface area contributed by atoms with Gasteiger partial charge >= 0.3 is 6.18 Å². The predicted octanol–water partition coefficient (Wildman–Crippen LogP) is 6.53. The summed E-state index contributed by atoms with van der Waals surface area (Å²) < 4.78 is 40.6. The summed E-state index contributed by atoms with van der Waals surface area (Å²) in [5.74, 6) is -0.838. The molecule has 4 nitrogen and oxygen atoms in total. The summed E-state index contributed by atoms with van der Waals surface area (Å²) in [6.07, 6.45) is 0.221. The van der Waals surface area contributed by atoms with Crippen molar-refractivity contribution >= 4 is 28.8 Å². The topological polar surface area (TPSA) is 49.4 Å². The van der Waals surface area contributed by atoms with Gasteiger partial charge in [-0.05, 0) is 59.0 Å². The normalized spacial score (nSPS) is 15.4. The van der Waals surface area contributed by atoms with Gasteiger partial charge in [-0.1, -0.05) is 55.7 Å². The number of hydrogen-bond acceptors (Lipinski definition) is 3. The first-order chi connectivity index (χ1) is 16.8. The Kier molecular flexibility index (Phi) is 7.90. The first-order valence-corrected chi connectivity index (χ1v) is 12.6. The van der Waals surface area contributed by atoms with E-state index in [9.17, 15) is 22.8 Å². The summed E-state index contributed by atoms with van der Waals surface area (Å²) in [6.45, 7) is 0. The lowest BCUT2D eigenvalue weighted by molar-refractivity contribution is -0.137. The SMILES string of the molecule is O=C(NC1CCCCC1)C(c1ccccc1)N(C(=O)Cc1ccsc1)c1cccc(C(F)(F)F)c1. The molecule has 1 aliphatic rings. The van der Waals surface area contributed by atoms with Crippen LogP contribution in [0, 0.1) is 0 Å². The fraction of sp³-hybridized carbons (Fsp3) is 0.333. The van der Waals surface area contributed by atoms with Crippen LogP contribution in [-0.2, 0) is 22.2 Å². The summed E-state index contributed by atoms with van der Waals surface area (Å²) in [4.78, 5) is 28.6. The van der Waals surface area contributed by atoms with Gasteiger partial charge in [0.2, 0.25) is 11.8 Å². The molecule has 1 unspecified atom stereocenters. The Balaban J connectivity index is 1.77. The minimum atomic E-state index is -4.58. The monoisotopic (exact) mass is 500 g/mol. The molecule has 2 amide bonds. The third-order valence-corrected chi connectivity index (χ3v) is 6.96. The lowest BCUT2D eigenvalue weighted by Crippen LogP contribution is -2.47. The molecular weight excluding hydrogens is 473 g/mol. The molecule has 2 aromatic carbocycles. The molecule has 1 fully saturated rings. The van der Waals surface area contributed by atoms with Crippen molar-refractivity contribution in [1.82, 2.24) is 5.32 Å². The number of amides is 2. The van der Waals surface area contributed by atoms with Gasteiger partial charge in [0.25, 0.3) is 0 Å². The van der Waals surface area contributed by atoms with Crippen LogP contribution in [0.1, 0.15) is 54.8 Å². The zero-order valence-corrected chi connectivity index (χ0v) is 19.9. The maximum absolute atomic E-state index is 13.7. The van der Waals surface area contributed by atoms with Crippen LogP contribution in [0.15, 0.2) is 71.4 Å². The lowest BCUT2D eigenvalue weighted by atomic mass is 9.94. The third-order valence-electron chi connectivity index (χ3n) is 6.23. The van der Waals surface area contributed by atoms with Gasteiger partial charge in [-0.25, -0.2) is 0 Å². The number of carbonyl (C=O) groups excluding carboxylic acids is 2. The number of benzene rings is 2. The number of alkyl halides is 3. The van der Waals surface area contributed by atoms with Crippen LogP contribution in [0.4, 0.5) is 18.9 Å². The number of rotatable bonds is 7.